The Morgan fingerprint density at radius 1 is 1.35 bits per heavy atom. The van der Waals surface area contributed by atoms with E-state index in [1.807, 2.05) is 6.92 Å². The van der Waals surface area contributed by atoms with Crippen LogP contribution < -0.4 is 4.74 Å². The van der Waals surface area contributed by atoms with Crippen LogP contribution in [0.25, 0.3) is 0 Å². The number of hydrogen-bond acceptors (Lipinski definition) is 3. The first-order valence-electron chi connectivity index (χ1n) is 6.74. The quantitative estimate of drug-likeness (QED) is 0.877. The number of benzene rings is 1. The van der Waals surface area contributed by atoms with E-state index in [2.05, 4.69) is 15.9 Å². The van der Waals surface area contributed by atoms with Crippen molar-refractivity contribution in [2.24, 2.45) is 0 Å². The molecule has 20 heavy (non-hydrogen) atoms. The van der Waals surface area contributed by atoms with E-state index in [1.165, 1.54) is 7.11 Å². The van der Waals surface area contributed by atoms with Crippen LogP contribution in [0.3, 0.4) is 0 Å². The van der Waals surface area contributed by atoms with Crippen LogP contribution in [0, 0.1) is 6.92 Å². The molecule has 0 saturated heterocycles. The third-order valence-corrected chi connectivity index (χ3v) is 4.99. The number of phenols is 1. The molecule has 0 bridgehead atoms. The minimum Gasteiger partial charge on any atom is -0.503 e. The second-order valence-electron chi connectivity index (χ2n) is 5.38. The molecule has 1 aromatic carbocycles. The lowest BCUT2D eigenvalue weighted by atomic mass is 9.68. The lowest BCUT2D eigenvalue weighted by Gasteiger charge is -2.35. The minimum absolute atomic E-state index is 0.0284. The van der Waals surface area contributed by atoms with E-state index in [-0.39, 0.29) is 5.75 Å². The summed E-state index contributed by atoms with van der Waals surface area (Å²) in [5.41, 5.74) is 0.601. The number of aromatic hydroxyl groups is 1. The topological polar surface area (TPSA) is 66.8 Å². The van der Waals surface area contributed by atoms with Crippen molar-refractivity contribution in [2.75, 3.05) is 7.11 Å². The second-order valence-corrected chi connectivity index (χ2v) is 6.17. The number of rotatable bonds is 3. The average molecular weight is 343 g/mol. The molecule has 0 aromatic heterocycles. The monoisotopic (exact) mass is 342 g/mol. The Bertz CT molecular complexity index is 533. The first kappa shape index (κ1) is 15.2. The van der Waals surface area contributed by atoms with Crippen LogP contribution in [-0.4, -0.2) is 23.3 Å². The van der Waals surface area contributed by atoms with Crippen molar-refractivity contribution < 1.29 is 19.7 Å². The van der Waals surface area contributed by atoms with Crippen LogP contribution in [0.2, 0.25) is 0 Å². The summed E-state index contributed by atoms with van der Waals surface area (Å²) in [7, 11) is 1.48. The van der Waals surface area contributed by atoms with E-state index in [0.29, 0.717) is 28.6 Å². The average Bonchev–Trinajstić information content (AvgIpc) is 2.43. The number of hydrogen-bond donors (Lipinski definition) is 2. The van der Waals surface area contributed by atoms with Gasteiger partial charge < -0.3 is 14.9 Å². The lowest BCUT2D eigenvalue weighted by molar-refractivity contribution is -0.145. The van der Waals surface area contributed by atoms with Gasteiger partial charge in [0.25, 0.3) is 0 Å². The molecule has 0 aliphatic heterocycles. The first-order chi connectivity index (χ1) is 9.44. The largest absolute Gasteiger partial charge is 0.503 e. The van der Waals surface area contributed by atoms with Crippen LogP contribution in [0.4, 0.5) is 0 Å². The number of halogens is 1. The molecule has 1 saturated carbocycles. The molecule has 1 fully saturated rings. The van der Waals surface area contributed by atoms with Gasteiger partial charge in [-0.05, 0) is 52.9 Å². The molecule has 2 N–H and O–H groups in total. The molecule has 2 rings (SSSR count). The van der Waals surface area contributed by atoms with Crippen molar-refractivity contribution in [3.05, 3.63) is 21.7 Å². The van der Waals surface area contributed by atoms with Crippen LogP contribution in [0.15, 0.2) is 10.5 Å². The zero-order valence-electron chi connectivity index (χ0n) is 11.7. The van der Waals surface area contributed by atoms with E-state index < -0.39 is 11.4 Å². The molecule has 1 aliphatic rings. The molecule has 0 atom stereocenters. The molecule has 0 unspecified atom stereocenters. The number of aryl methyl sites for hydroxylation is 1. The van der Waals surface area contributed by atoms with Crippen molar-refractivity contribution in [3.63, 3.8) is 0 Å². The van der Waals surface area contributed by atoms with Gasteiger partial charge in [-0.3, -0.25) is 4.79 Å². The summed E-state index contributed by atoms with van der Waals surface area (Å²) in [5, 5.41) is 19.9. The first-order valence-corrected chi connectivity index (χ1v) is 7.53. The van der Waals surface area contributed by atoms with Gasteiger partial charge in [-0.15, -0.1) is 0 Å². The zero-order valence-corrected chi connectivity index (χ0v) is 13.3. The van der Waals surface area contributed by atoms with Gasteiger partial charge in [-0.2, -0.15) is 0 Å². The Hall–Kier alpha value is -1.23. The van der Waals surface area contributed by atoms with Gasteiger partial charge in [0, 0.05) is 0 Å². The fraction of sp³-hybridized carbons (Fsp3) is 0.533. The van der Waals surface area contributed by atoms with Gasteiger partial charge in [0.1, 0.15) is 0 Å². The zero-order chi connectivity index (χ0) is 14.9. The van der Waals surface area contributed by atoms with Crippen molar-refractivity contribution in [1.29, 1.82) is 0 Å². The van der Waals surface area contributed by atoms with Crippen LogP contribution in [0.5, 0.6) is 11.5 Å². The maximum atomic E-state index is 11.9. The predicted octanol–water partition coefficient (Wildman–Crippen LogP) is 3.76. The van der Waals surface area contributed by atoms with E-state index in [1.54, 1.807) is 6.07 Å². The third-order valence-electron chi connectivity index (χ3n) is 4.22. The molecule has 0 amide bonds. The van der Waals surface area contributed by atoms with Crippen LogP contribution in [-0.2, 0) is 10.2 Å². The van der Waals surface area contributed by atoms with Crippen molar-refractivity contribution in [1.82, 2.24) is 0 Å². The fourth-order valence-corrected chi connectivity index (χ4v) is 4.09. The van der Waals surface area contributed by atoms with Gasteiger partial charge in [-0.25, -0.2) is 0 Å². The Morgan fingerprint density at radius 3 is 2.45 bits per heavy atom. The van der Waals surface area contributed by atoms with Crippen molar-refractivity contribution >= 4 is 21.9 Å². The summed E-state index contributed by atoms with van der Waals surface area (Å²) in [4.78, 5) is 11.9. The molecule has 0 spiro atoms. The van der Waals surface area contributed by atoms with Gasteiger partial charge in [0.05, 0.1) is 17.0 Å². The predicted molar refractivity (Wildman–Crippen MR) is 79.5 cm³/mol. The molecular formula is C15H19BrO4. The highest BCUT2D eigenvalue weighted by atomic mass is 79.9. The minimum atomic E-state index is -0.912. The number of carboxylic acid groups (broad SMARTS) is 1. The smallest absolute Gasteiger partial charge is 0.314 e. The number of aliphatic carboxylic acids is 1. The summed E-state index contributed by atoms with van der Waals surface area (Å²) in [6, 6.07) is 1.70. The Balaban J connectivity index is 2.66. The summed E-state index contributed by atoms with van der Waals surface area (Å²) in [5.74, 6) is -0.487. The van der Waals surface area contributed by atoms with E-state index >= 15 is 0 Å². The Morgan fingerprint density at radius 2 is 1.95 bits per heavy atom. The number of methoxy groups -OCH3 is 1. The molecule has 110 valence electrons. The fourth-order valence-electron chi connectivity index (χ4n) is 3.21. The number of ether oxygens (including phenoxy) is 1. The number of carboxylic acids is 1. The molecule has 5 heteroatoms. The van der Waals surface area contributed by atoms with Crippen LogP contribution in [0.1, 0.15) is 43.2 Å². The number of carbonyl (C=O) groups is 1. The van der Waals surface area contributed by atoms with Gasteiger partial charge >= 0.3 is 5.97 Å². The van der Waals surface area contributed by atoms with Gasteiger partial charge in [0.15, 0.2) is 11.5 Å². The standard InChI is InChI=1S/C15H19BrO4/c1-9-8-10(20-2)13(17)12(16)11(9)15(14(18)19)6-4-3-5-7-15/h8,17H,3-7H2,1-2H3,(H,18,19). The molecular weight excluding hydrogens is 324 g/mol. The highest BCUT2D eigenvalue weighted by molar-refractivity contribution is 9.10. The third kappa shape index (κ3) is 2.28. The summed E-state index contributed by atoms with van der Waals surface area (Å²) in [6.07, 6.45) is 4.06. The summed E-state index contributed by atoms with van der Waals surface area (Å²) < 4.78 is 5.56. The molecule has 4 nitrogen and oxygen atoms in total. The number of phenolic OH excluding ortho intramolecular Hbond substituents is 1. The van der Waals surface area contributed by atoms with Crippen molar-refractivity contribution in [3.8, 4) is 11.5 Å². The SMILES string of the molecule is COc1cc(C)c(C2(C(=O)O)CCCCC2)c(Br)c1O. The summed E-state index contributed by atoms with van der Waals surface area (Å²) in [6.45, 7) is 1.86. The maximum absolute atomic E-state index is 11.9. The highest BCUT2D eigenvalue weighted by Gasteiger charge is 2.44. The van der Waals surface area contributed by atoms with Gasteiger partial charge in [0.2, 0.25) is 0 Å². The lowest BCUT2D eigenvalue weighted by Crippen LogP contribution is -2.38. The summed E-state index contributed by atoms with van der Waals surface area (Å²) >= 11 is 3.37. The second kappa shape index (κ2) is 5.64. The molecule has 0 radical (unpaired) electrons. The normalized spacial score (nSPS) is 17.8. The van der Waals surface area contributed by atoms with E-state index in [4.69, 9.17) is 4.74 Å². The Labute approximate surface area is 126 Å². The highest BCUT2D eigenvalue weighted by Crippen LogP contribution is 2.49. The van der Waals surface area contributed by atoms with E-state index in [0.717, 1.165) is 24.8 Å². The maximum Gasteiger partial charge on any atom is 0.314 e. The molecule has 1 aromatic rings. The Kier molecular flexibility index (Phi) is 4.28. The van der Waals surface area contributed by atoms with E-state index in [9.17, 15) is 15.0 Å². The molecule has 1 aliphatic carbocycles. The van der Waals surface area contributed by atoms with Gasteiger partial charge in [-0.1, -0.05) is 19.3 Å². The molecule has 0 heterocycles. The van der Waals surface area contributed by atoms with Crippen LogP contribution >= 0.6 is 15.9 Å². The van der Waals surface area contributed by atoms with Crippen molar-refractivity contribution in [2.45, 2.75) is 44.4 Å².